The first kappa shape index (κ1) is 16.4. The second-order valence-corrected chi connectivity index (χ2v) is 6.29. The minimum absolute atomic E-state index is 0.234. The molecule has 0 fully saturated rings. The monoisotopic (exact) mass is 361 g/mol. The van der Waals surface area contributed by atoms with E-state index in [0.717, 1.165) is 38.9 Å². The number of ether oxygens (including phenoxy) is 1. The number of hydrogen-bond donors (Lipinski definition) is 1. The lowest BCUT2D eigenvalue weighted by Gasteiger charge is -2.14. The van der Waals surface area contributed by atoms with E-state index in [9.17, 15) is 0 Å². The Balaban J connectivity index is 2.01. The van der Waals surface area contributed by atoms with Gasteiger partial charge in [0.2, 0.25) is 5.95 Å². The third-order valence-electron chi connectivity index (χ3n) is 4.32. The van der Waals surface area contributed by atoms with Crippen LogP contribution in [0.1, 0.15) is 0 Å². The molecule has 0 unspecified atom stereocenters. The molecule has 4 rings (SSSR count). The number of anilines is 1. The average molecular weight is 362 g/mol. The summed E-state index contributed by atoms with van der Waals surface area (Å²) in [7, 11) is 1.67. The van der Waals surface area contributed by atoms with E-state index in [1.807, 2.05) is 54.6 Å². The van der Waals surface area contributed by atoms with Crippen LogP contribution in [0.15, 0.2) is 66.9 Å². The van der Waals surface area contributed by atoms with Gasteiger partial charge in [-0.25, -0.2) is 9.97 Å². The van der Waals surface area contributed by atoms with Crippen LogP contribution in [0.25, 0.3) is 33.2 Å². The highest BCUT2D eigenvalue weighted by Gasteiger charge is 2.15. The van der Waals surface area contributed by atoms with Crippen LogP contribution < -0.4 is 10.5 Å². The molecule has 5 heteroatoms. The molecule has 0 aliphatic carbocycles. The number of nitrogen functional groups attached to an aromatic ring is 1. The number of nitrogens with two attached hydrogens (primary N) is 1. The van der Waals surface area contributed by atoms with Gasteiger partial charge in [0.25, 0.3) is 0 Å². The van der Waals surface area contributed by atoms with Gasteiger partial charge in [-0.15, -0.1) is 0 Å². The number of methoxy groups -OCH3 is 1. The summed E-state index contributed by atoms with van der Waals surface area (Å²) in [6, 6.07) is 19.6. The van der Waals surface area contributed by atoms with E-state index >= 15 is 0 Å². The fourth-order valence-electron chi connectivity index (χ4n) is 3.10. The Kier molecular flexibility index (Phi) is 4.19. The summed E-state index contributed by atoms with van der Waals surface area (Å²) >= 11 is 6.03. The molecule has 0 aliphatic rings. The molecule has 0 bridgehead atoms. The molecule has 3 aromatic carbocycles. The van der Waals surface area contributed by atoms with E-state index in [-0.39, 0.29) is 5.95 Å². The molecule has 4 aromatic rings. The quantitative estimate of drug-likeness (QED) is 0.544. The van der Waals surface area contributed by atoms with Crippen LogP contribution >= 0.6 is 11.6 Å². The molecular weight excluding hydrogens is 346 g/mol. The maximum Gasteiger partial charge on any atom is 0.220 e. The van der Waals surface area contributed by atoms with Gasteiger partial charge in [-0.05, 0) is 35.2 Å². The molecule has 26 heavy (non-hydrogen) atoms. The van der Waals surface area contributed by atoms with Crippen molar-refractivity contribution in [1.29, 1.82) is 0 Å². The van der Waals surface area contributed by atoms with Gasteiger partial charge >= 0.3 is 0 Å². The zero-order chi connectivity index (χ0) is 18.1. The maximum absolute atomic E-state index is 6.03. The lowest BCUT2D eigenvalue weighted by molar-refractivity contribution is 0.420. The van der Waals surface area contributed by atoms with Gasteiger partial charge < -0.3 is 10.5 Å². The van der Waals surface area contributed by atoms with E-state index in [1.54, 1.807) is 13.3 Å². The molecule has 0 radical (unpaired) electrons. The summed E-state index contributed by atoms with van der Waals surface area (Å²) < 4.78 is 5.50. The molecule has 0 spiro atoms. The van der Waals surface area contributed by atoms with Crippen LogP contribution in [-0.2, 0) is 0 Å². The van der Waals surface area contributed by atoms with Gasteiger partial charge in [0.15, 0.2) is 0 Å². The lowest BCUT2D eigenvalue weighted by atomic mass is 9.96. The molecular formula is C21H16ClN3O. The molecule has 128 valence electrons. The Morgan fingerprint density at radius 1 is 0.885 bits per heavy atom. The van der Waals surface area contributed by atoms with E-state index in [4.69, 9.17) is 22.1 Å². The molecule has 1 aromatic heterocycles. The van der Waals surface area contributed by atoms with Crippen molar-refractivity contribution in [3.8, 4) is 28.1 Å². The van der Waals surface area contributed by atoms with E-state index in [0.29, 0.717) is 5.02 Å². The summed E-state index contributed by atoms with van der Waals surface area (Å²) in [6.07, 6.45) is 1.75. The number of fused-ring (bicyclic) bond motifs is 1. The standard InChI is InChI=1S/C21H16ClN3O/c1-26-19-11-10-17(15-4-2-3-5-16(15)19)20-18(12-24-21(23)25-20)13-6-8-14(22)9-7-13/h2-12H,1H3,(H2,23,24,25). The summed E-state index contributed by atoms with van der Waals surface area (Å²) in [5.41, 5.74) is 9.52. The average Bonchev–Trinajstić information content (AvgIpc) is 2.68. The highest BCUT2D eigenvalue weighted by Crippen LogP contribution is 2.38. The fourth-order valence-corrected chi connectivity index (χ4v) is 3.22. The fraction of sp³-hybridized carbons (Fsp3) is 0.0476. The number of nitrogens with zero attached hydrogens (tertiary/aromatic N) is 2. The Labute approximate surface area is 156 Å². The number of halogens is 1. The topological polar surface area (TPSA) is 61.0 Å². The molecule has 2 N–H and O–H groups in total. The van der Waals surface area contributed by atoms with E-state index < -0.39 is 0 Å². The first-order valence-electron chi connectivity index (χ1n) is 8.12. The third kappa shape index (κ3) is 2.85. The van der Waals surface area contributed by atoms with Gasteiger partial charge in [0.1, 0.15) is 5.75 Å². The third-order valence-corrected chi connectivity index (χ3v) is 4.57. The van der Waals surface area contributed by atoms with Gasteiger partial charge in [0, 0.05) is 27.7 Å². The largest absolute Gasteiger partial charge is 0.496 e. The highest BCUT2D eigenvalue weighted by molar-refractivity contribution is 6.30. The van der Waals surface area contributed by atoms with Crippen LogP contribution in [0.2, 0.25) is 5.02 Å². The number of aromatic nitrogens is 2. The Hall–Kier alpha value is -3.11. The first-order valence-corrected chi connectivity index (χ1v) is 8.50. The SMILES string of the molecule is COc1ccc(-c2nc(N)ncc2-c2ccc(Cl)cc2)c2ccccc12. The summed E-state index contributed by atoms with van der Waals surface area (Å²) in [4.78, 5) is 8.73. The minimum Gasteiger partial charge on any atom is -0.496 e. The molecule has 0 saturated carbocycles. The Morgan fingerprint density at radius 2 is 1.62 bits per heavy atom. The summed E-state index contributed by atoms with van der Waals surface area (Å²) in [5, 5.41) is 2.74. The lowest BCUT2D eigenvalue weighted by Crippen LogP contribution is -1.99. The van der Waals surface area contributed by atoms with Gasteiger partial charge in [0.05, 0.1) is 12.8 Å². The van der Waals surface area contributed by atoms with Crippen molar-refractivity contribution in [2.45, 2.75) is 0 Å². The van der Waals surface area contributed by atoms with Crippen LogP contribution in [0.4, 0.5) is 5.95 Å². The zero-order valence-electron chi connectivity index (χ0n) is 14.1. The molecule has 0 atom stereocenters. The summed E-state index contributed by atoms with van der Waals surface area (Å²) in [5.74, 6) is 1.05. The molecule has 0 aliphatic heterocycles. The normalized spacial score (nSPS) is 10.8. The van der Waals surface area contributed by atoms with Crippen molar-refractivity contribution < 1.29 is 4.74 Å². The second-order valence-electron chi connectivity index (χ2n) is 5.86. The van der Waals surface area contributed by atoms with Crippen LogP contribution in [-0.4, -0.2) is 17.1 Å². The van der Waals surface area contributed by atoms with Crippen LogP contribution in [0.3, 0.4) is 0 Å². The predicted molar refractivity (Wildman–Crippen MR) is 106 cm³/mol. The molecule has 4 nitrogen and oxygen atoms in total. The minimum atomic E-state index is 0.234. The molecule has 0 amide bonds. The van der Waals surface area contributed by atoms with Crippen molar-refractivity contribution in [2.75, 3.05) is 12.8 Å². The Morgan fingerprint density at radius 3 is 2.35 bits per heavy atom. The number of rotatable bonds is 3. The van der Waals surface area contributed by atoms with Crippen LogP contribution in [0, 0.1) is 0 Å². The predicted octanol–water partition coefficient (Wildman–Crippen LogP) is 5.21. The smallest absolute Gasteiger partial charge is 0.220 e. The number of benzene rings is 3. The van der Waals surface area contributed by atoms with Crippen molar-refractivity contribution in [2.24, 2.45) is 0 Å². The first-order chi connectivity index (χ1) is 12.7. The van der Waals surface area contributed by atoms with E-state index in [2.05, 4.69) is 16.0 Å². The Bertz CT molecular complexity index is 1090. The molecule has 1 heterocycles. The van der Waals surface area contributed by atoms with Crippen molar-refractivity contribution in [1.82, 2.24) is 9.97 Å². The van der Waals surface area contributed by atoms with Gasteiger partial charge in [-0.2, -0.15) is 0 Å². The van der Waals surface area contributed by atoms with Crippen LogP contribution in [0.5, 0.6) is 5.75 Å². The van der Waals surface area contributed by atoms with E-state index in [1.165, 1.54) is 0 Å². The zero-order valence-corrected chi connectivity index (χ0v) is 14.9. The summed E-state index contributed by atoms with van der Waals surface area (Å²) in [6.45, 7) is 0. The van der Waals surface area contributed by atoms with Crippen molar-refractivity contribution >= 4 is 28.3 Å². The van der Waals surface area contributed by atoms with Crippen molar-refractivity contribution in [3.05, 3.63) is 71.9 Å². The maximum atomic E-state index is 6.03. The number of hydrogen-bond acceptors (Lipinski definition) is 4. The molecule has 0 saturated heterocycles. The van der Waals surface area contributed by atoms with Crippen molar-refractivity contribution in [3.63, 3.8) is 0 Å². The second kappa shape index (κ2) is 6.65. The van der Waals surface area contributed by atoms with Gasteiger partial charge in [-0.1, -0.05) is 48.0 Å². The van der Waals surface area contributed by atoms with Gasteiger partial charge in [-0.3, -0.25) is 0 Å². The highest BCUT2D eigenvalue weighted by atomic mass is 35.5.